The Labute approximate surface area is 157 Å². The number of aromatic nitrogens is 3. The Kier molecular flexibility index (Phi) is 5.08. The quantitative estimate of drug-likeness (QED) is 0.506. The number of nitro benzene ring substituents is 1. The molecule has 0 spiro atoms. The molecule has 0 aliphatic rings. The predicted octanol–water partition coefficient (Wildman–Crippen LogP) is 3.56. The first kappa shape index (κ1) is 17.7. The van der Waals surface area contributed by atoms with Crippen molar-refractivity contribution in [2.45, 2.75) is 13.5 Å². The van der Waals surface area contributed by atoms with Gasteiger partial charge in [0.15, 0.2) is 0 Å². The zero-order valence-electron chi connectivity index (χ0n) is 13.7. The zero-order valence-corrected chi connectivity index (χ0v) is 15.3. The molecule has 2 aromatic carbocycles. The normalized spacial score (nSPS) is 10.5. The van der Waals surface area contributed by atoms with Gasteiger partial charge in [-0.15, -0.1) is 5.10 Å². The van der Waals surface area contributed by atoms with Gasteiger partial charge in [-0.1, -0.05) is 28.1 Å². The molecule has 1 N–H and O–H groups in total. The Balaban J connectivity index is 1.68. The van der Waals surface area contributed by atoms with Gasteiger partial charge in [-0.25, -0.2) is 9.67 Å². The van der Waals surface area contributed by atoms with Crippen LogP contribution in [0.5, 0.6) is 0 Å². The lowest BCUT2D eigenvalue weighted by Gasteiger charge is -2.03. The highest BCUT2D eigenvalue weighted by Gasteiger charge is 2.15. The number of nitrogens with one attached hydrogen (secondary N) is 1. The second-order valence-electron chi connectivity index (χ2n) is 5.60. The van der Waals surface area contributed by atoms with Crippen LogP contribution in [0.4, 0.5) is 11.6 Å². The smallest absolute Gasteiger partial charge is 0.272 e. The molecule has 0 atom stereocenters. The summed E-state index contributed by atoms with van der Waals surface area (Å²) in [6.07, 6.45) is 1.53. The number of aryl methyl sites for hydroxylation is 1. The van der Waals surface area contributed by atoms with E-state index in [2.05, 4.69) is 31.3 Å². The lowest BCUT2D eigenvalue weighted by atomic mass is 10.1. The third-order valence-electron chi connectivity index (χ3n) is 3.68. The van der Waals surface area contributed by atoms with Crippen molar-refractivity contribution in [1.29, 1.82) is 0 Å². The van der Waals surface area contributed by atoms with Gasteiger partial charge >= 0.3 is 0 Å². The minimum Gasteiger partial charge on any atom is -0.289 e. The first-order chi connectivity index (χ1) is 12.4. The third-order valence-corrected chi connectivity index (χ3v) is 4.20. The molecule has 1 aromatic heterocycles. The van der Waals surface area contributed by atoms with Crippen LogP contribution < -0.4 is 5.32 Å². The number of amides is 1. The molecule has 3 rings (SSSR count). The Bertz CT molecular complexity index is 969. The maximum atomic E-state index is 12.3. The van der Waals surface area contributed by atoms with E-state index in [4.69, 9.17) is 0 Å². The monoisotopic (exact) mass is 415 g/mol. The van der Waals surface area contributed by atoms with Crippen molar-refractivity contribution in [2.75, 3.05) is 5.32 Å². The van der Waals surface area contributed by atoms with Crippen LogP contribution in [0.15, 0.2) is 53.3 Å². The molecule has 132 valence electrons. The first-order valence-corrected chi connectivity index (χ1v) is 8.42. The van der Waals surface area contributed by atoms with Gasteiger partial charge in [0.1, 0.15) is 6.33 Å². The fourth-order valence-electron chi connectivity index (χ4n) is 2.38. The van der Waals surface area contributed by atoms with Crippen LogP contribution in [0.2, 0.25) is 0 Å². The summed E-state index contributed by atoms with van der Waals surface area (Å²) in [5, 5.41) is 17.7. The van der Waals surface area contributed by atoms with Gasteiger partial charge in [0.05, 0.1) is 11.5 Å². The summed E-state index contributed by atoms with van der Waals surface area (Å²) in [4.78, 5) is 26.7. The number of hydrogen-bond donors (Lipinski definition) is 1. The average molecular weight is 416 g/mol. The van der Waals surface area contributed by atoms with Gasteiger partial charge in [-0.3, -0.25) is 20.2 Å². The summed E-state index contributed by atoms with van der Waals surface area (Å²) in [6.45, 7) is 2.10. The van der Waals surface area contributed by atoms with E-state index in [0.29, 0.717) is 17.7 Å². The number of nitrogens with zero attached hydrogens (tertiary/aromatic N) is 4. The minimum absolute atomic E-state index is 0.0292. The number of anilines is 1. The van der Waals surface area contributed by atoms with Crippen LogP contribution in [0.1, 0.15) is 21.5 Å². The number of rotatable bonds is 5. The highest BCUT2D eigenvalue weighted by atomic mass is 79.9. The van der Waals surface area contributed by atoms with E-state index >= 15 is 0 Å². The molecule has 0 radical (unpaired) electrons. The van der Waals surface area contributed by atoms with Crippen LogP contribution in [0.3, 0.4) is 0 Å². The molecule has 0 unspecified atom stereocenters. The molecule has 9 heteroatoms. The average Bonchev–Trinajstić information content (AvgIpc) is 3.03. The van der Waals surface area contributed by atoms with Crippen LogP contribution in [-0.2, 0) is 6.54 Å². The molecule has 1 heterocycles. The van der Waals surface area contributed by atoms with Gasteiger partial charge in [0.2, 0.25) is 5.95 Å². The van der Waals surface area contributed by atoms with Crippen molar-refractivity contribution >= 4 is 33.5 Å². The maximum Gasteiger partial charge on any atom is 0.272 e. The molecule has 8 nitrogen and oxygen atoms in total. The fraction of sp³-hybridized carbons (Fsp3) is 0.118. The second kappa shape index (κ2) is 7.44. The van der Waals surface area contributed by atoms with E-state index in [1.165, 1.54) is 24.5 Å². The molecule has 0 bridgehead atoms. The molecular formula is C17H14BrN5O3. The van der Waals surface area contributed by atoms with Gasteiger partial charge in [-0.05, 0) is 36.8 Å². The highest BCUT2D eigenvalue weighted by molar-refractivity contribution is 9.10. The molecule has 0 aliphatic heterocycles. The lowest BCUT2D eigenvalue weighted by Crippen LogP contribution is -2.14. The van der Waals surface area contributed by atoms with Crippen LogP contribution in [-0.4, -0.2) is 25.6 Å². The number of carbonyl (C=O) groups excluding carboxylic acids is 1. The van der Waals surface area contributed by atoms with Crippen molar-refractivity contribution in [2.24, 2.45) is 0 Å². The van der Waals surface area contributed by atoms with Crippen LogP contribution >= 0.6 is 15.9 Å². The Hall–Kier alpha value is -3.07. The van der Waals surface area contributed by atoms with Crippen molar-refractivity contribution in [3.8, 4) is 0 Å². The number of carbonyl (C=O) groups is 1. The molecule has 3 aromatic rings. The van der Waals surface area contributed by atoms with E-state index in [0.717, 1.165) is 10.0 Å². The minimum atomic E-state index is -0.484. The van der Waals surface area contributed by atoms with Gasteiger partial charge in [-0.2, -0.15) is 0 Å². The maximum absolute atomic E-state index is 12.3. The van der Waals surface area contributed by atoms with Crippen LogP contribution in [0, 0.1) is 17.0 Å². The number of nitro groups is 1. The van der Waals surface area contributed by atoms with E-state index in [-0.39, 0.29) is 11.6 Å². The summed E-state index contributed by atoms with van der Waals surface area (Å²) in [5.41, 5.74) is 1.73. The molecular weight excluding hydrogens is 402 g/mol. The highest BCUT2D eigenvalue weighted by Crippen LogP contribution is 2.19. The van der Waals surface area contributed by atoms with Crippen molar-refractivity contribution in [3.63, 3.8) is 0 Å². The SMILES string of the molecule is Cc1cc(C(=O)Nc2ncn(Cc3ccc(Br)cc3)n2)ccc1[N+](=O)[O-]. The molecule has 0 saturated heterocycles. The second-order valence-corrected chi connectivity index (χ2v) is 6.52. The third kappa shape index (κ3) is 4.12. The Morgan fingerprint density at radius 3 is 2.65 bits per heavy atom. The lowest BCUT2D eigenvalue weighted by molar-refractivity contribution is -0.385. The summed E-state index contributed by atoms with van der Waals surface area (Å²) >= 11 is 3.38. The van der Waals surface area contributed by atoms with Gasteiger partial charge in [0.25, 0.3) is 11.6 Å². The standard InChI is InChI=1S/C17H14BrN5O3/c1-11-8-13(4-7-15(11)23(25)26)16(24)20-17-19-10-22(21-17)9-12-2-5-14(18)6-3-12/h2-8,10H,9H2,1H3,(H,20,21,24). The van der Waals surface area contributed by atoms with Crippen LogP contribution in [0.25, 0.3) is 0 Å². The molecule has 0 aliphatic carbocycles. The van der Waals surface area contributed by atoms with E-state index in [1.54, 1.807) is 11.6 Å². The first-order valence-electron chi connectivity index (χ1n) is 7.62. The summed E-state index contributed by atoms with van der Waals surface area (Å²) in [6, 6.07) is 12.0. The fourth-order valence-corrected chi connectivity index (χ4v) is 2.64. The van der Waals surface area contributed by atoms with Crippen molar-refractivity contribution in [1.82, 2.24) is 14.8 Å². The topological polar surface area (TPSA) is 103 Å². The molecule has 0 saturated carbocycles. The predicted molar refractivity (Wildman–Crippen MR) is 99.1 cm³/mol. The van der Waals surface area contributed by atoms with Crippen molar-refractivity contribution in [3.05, 3.63) is 80.1 Å². The number of benzene rings is 2. The summed E-state index contributed by atoms with van der Waals surface area (Å²) in [7, 11) is 0. The summed E-state index contributed by atoms with van der Waals surface area (Å²) < 4.78 is 2.60. The largest absolute Gasteiger partial charge is 0.289 e. The summed E-state index contributed by atoms with van der Waals surface area (Å²) in [5.74, 6) is -0.257. The number of hydrogen-bond acceptors (Lipinski definition) is 5. The molecule has 26 heavy (non-hydrogen) atoms. The van der Waals surface area contributed by atoms with E-state index in [1.807, 2.05) is 24.3 Å². The number of halogens is 1. The van der Waals surface area contributed by atoms with Crippen molar-refractivity contribution < 1.29 is 9.72 Å². The zero-order chi connectivity index (χ0) is 18.7. The van der Waals surface area contributed by atoms with Gasteiger partial charge in [0, 0.05) is 21.7 Å². The van der Waals surface area contributed by atoms with E-state index in [9.17, 15) is 14.9 Å². The molecule has 0 fully saturated rings. The molecule has 1 amide bonds. The Morgan fingerprint density at radius 2 is 2.00 bits per heavy atom. The Morgan fingerprint density at radius 1 is 1.27 bits per heavy atom. The van der Waals surface area contributed by atoms with E-state index < -0.39 is 10.8 Å². The van der Waals surface area contributed by atoms with Gasteiger partial charge < -0.3 is 0 Å².